The van der Waals surface area contributed by atoms with Crippen molar-refractivity contribution in [3.8, 4) is 16.2 Å². The molecule has 1 aromatic heterocycles. The van der Waals surface area contributed by atoms with Gasteiger partial charge in [-0.2, -0.15) is 0 Å². The summed E-state index contributed by atoms with van der Waals surface area (Å²) in [6.45, 7) is 0. The fraction of sp³-hybridized carbons (Fsp3) is 0.0714. The van der Waals surface area contributed by atoms with Crippen molar-refractivity contribution in [2.45, 2.75) is 0 Å². The maximum Gasteiger partial charge on any atom is 0.180 e. The van der Waals surface area contributed by atoms with Gasteiger partial charge in [0.15, 0.2) is 5.13 Å². The number of nitrogens with two attached hydrogens (primary N) is 1. The molecule has 2 aromatic carbocycles. The molecule has 0 saturated heterocycles. The number of fused-ring (bicyclic) bond motifs is 1. The standard InChI is InChI=1S/C14H12N2OS/c1-17-12-7-6-11(13-8-16-14(15)18-13)9-4-2-3-5-10(9)12/h2-8H,1H3,(H2,15,16). The van der Waals surface area contributed by atoms with Crippen LogP contribution < -0.4 is 10.5 Å². The van der Waals surface area contributed by atoms with Crippen molar-refractivity contribution in [3.63, 3.8) is 0 Å². The van der Waals surface area contributed by atoms with E-state index in [0.717, 1.165) is 27.0 Å². The number of rotatable bonds is 2. The van der Waals surface area contributed by atoms with E-state index in [-0.39, 0.29) is 0 Å². The van der Waals surface area contributed by atoms with E-state index in [0.29, 0.717) is 5.13 Å². The average molecular weight is 256 g/mol. The summed E-state index contributed by atoms with van der Waals surface area (Å²) in [4.78, 5) is 5.18. The molecule has 0 spiro atoms. The van der Waals surface area contributed by atoms with Gasteiger partial charge in [0.2, 0.25) is 0 Å². The third-order valence-electron chi connectivity index (χ3n) is 2.89. The molecule has 18 heavy (non-hydrogen) atoms. The number of benzene rings is 2. The Morgan fingerprint density at radius 2 is 1.89 bits per heavy atom. The molecule has 3 nitrogen and oxygen atoms in total. The fourth-order valence-electron chi connectivity index (χ4n) is 2.08. The van der Waals surface area contributed by atoms with Crippen molar-refractivity contribution in [2.75, 3.05) is 12.8 Å². The number of nitrogen functional groups attached to an aromatic ring is 1. The van der Waals surface area contributed by atoms with E-state index in [1.165, 1.54) is 11.3 Å². The molecule has 0 radical (unpaired) electrons. The van der Waals surface area contributed by atoms with Gasteiger partial charge in [0, 0.05) is 17.1 Å². The van der Waals surface area contributed by atoms with Gasteiger partial charge in [0.1, 0.15) is 5.75 Å². The SMILES string of the molecule is COc1ccc(-c2cnc(N)s2)c2ccccc12. The topological polar surface area (TPSA) is 48.1 Å². The predicted octanol–water partition coefficient (Wildman–Crippen LogP) is 3.55. The first-order valence-electron chi connectivity index (χ1n) is 5.57. The van der Waals surface area contributed by atoms with E-state index in [2.05, 4.69) is 17.1 Å². The summed E-state index contributed by atoms with van der Waals surface area (Å²) >= 11 is 1.49. The highest BCUT2D eigenvalue weighted by atomic mass is 32.1. The van der Waals surface area contributed by atoms with Crippen LogP contribution in [0, 0.1) is 0 Å². The molecule has 0 atom stereocenters. The quantitative estimate of drug-likeness (QED) is 0.762. The lowest BCUT2D eigenvalue weighted by molar-refractivity contribution is 0.420. The first kappa shape index (κ1) is 11.0. The Bertz CT molecular complexity index is 706. The number of ether oxygens (including phenoxy) is 1. The first-order valence-corrected chi connectivity index (χ1v) is 6.38. The number of nitrogens with zero attached hydrogens (tertiary/aromatic N) is 1. The second-order valence-electron chi connectivity index (χ2n) is 3.92. The second kappa shape index (κ2) is 4.31. The van der Waals surface area contributed by atoms with Crippen LogP contribution >= 0.6 is 11.3 Å². The molecule has 0 aliphatic carbocycles. The Kier molecular flexibility index (Phi) is 2.64. The van der Waals surface area contributed by atoms with E-state index >= 15 is 0 Å². The molecule has 0 unspecified atom stereocenters. The number of methoxy groups -OCH3 is 1. The second-order valence-corrected chi connectivity index (χ2v) is 4.99. The minimum Gasteiger partial charge on any atom is -0.496 e. The van der Waals surface area contributed by atoms with Gasteiger partial charge in [-0.15, -0.1) is 0 Å². The summed E-state index contributed by atoms with van der Waals surface area (Å²) in [6, 6.07) is 12.2. The third kappa shape index (κ3) is 1.71. The Morgan fingerprint density at radius 1 is 1.11 bits per heavy atom. The maximum absolute atomic E-state index is 5.70. The Morgan fingerprint density at radius 3 is 2.56 bits per heavy atom. The predicted molar refractivity (Wildman–Crippen MR) is 76.0 cm³/mol. The van der Waals surface area contributed by atoms with Gasteiger partial charge in [-0.3, -0.25) is 0 Å². The molecular weight excluding hydrogens is 244 g/mol. The molecule has 0 aliphatic rings. The van der Waals surface area contributed by atoms with Crippen molar-refractivity contribution in [2.24, 2.45) is 0 Å². The highest BCUT2D eigenvalue weighted by Crippen LogP contribution is 2.36. The smallest absolute Gasteiger partial charge is 0.180 e. The zero-order valence-corrected chi connectivity index (χ0v) is 10.7. The maximum atomic E-state index is 5.70. The van der Waals surface area contributed by atoms with Crippen molar-refractivity contribution in [1.82, 2.24) is 4.98 Å². The Labute approximate surface area is 109 Å². The van der Waals surface area contributed by atoms with Gasteiger partial charge < -0.3 is 10.5 Å². The zero-order chi connectivity index (χ0) is 12.5. The van der Waals surface area contributed by atoms with Crippen LogP contribution in [0.1, 0.15) is 0 Å². The number of anilines is 1. The lowest BCUT2D eigenvalue weighted by atomic mass is 10.0. The fourth-order valence-corrected chi connectivity index (χ4v) is 2.80. The first-order chi connectivity index (χ1) is 8.79. The summed E-state index contributed by atoms with van der Waals surface area (Å²) in [6.07, 6.45) is 1.81. The number of aromatic nitrogens is 1. The summed E-state index contributed by atoms with van der Waals surface area (Å²) in [5, 5.41) is 2.84. The van der Waals surface area contributed by atoms with Gasteiger partial charge in [0.05, 0.1) is 12.0 Å². The van der Waals surface area contributed by atoms with Gasteiger partial charge in [0.25, 0.3) is 0 Å². The summed E-state index contributed by atoms with van der Waals surface area (Å²) in [7, 11) is 1.69. The Hall–Kier alpha value is -2.07. The molecule has 0 amide bonds. The van der Waals surface area contributed by atoms with Gasteiger partial charge in [-0.05, 0) is 17.5 Å². The highest BCUT2D eigenvalue weighted by Gasteiger charge is 2.09. The van der Waals surface area contributed by atoms with E-state index < -0.39 is 0 Å². The largest absolute Gasteiger partial charge is 0.496 e. The van der Waals surface area contributed by atoms with Crippen LogP contribution in [0.25, 0.3) is 21.2 Å². The number of hydrogen-bond donors (Lipinski definition) is 1. The summed E-state index contributed by atoms with van der Waals surface area (Å²) in [5.41, 5.74) is 6.84. The van der Waals surface area contributed by atoms with Gasteiger partial charge in [-0.1, -0.05) is 35.6 Å². The third-order valence-corrected chi connectivity index (χ3v) is 3.75. The molecular formula is C14H12N2OS. The zero-order valence-electron chi connectivity index (χ0n) is 9.88. The van der Waals surface area contributed by atoms with Gasteiger partial charge >= 0.3 is 0 Å². The van der Waals surface area contributed by atoms with E-state index in [4.69, 9.17) is 10.5 Å². The molecule has 0 fully saturated rings. The molecule has 3 rings (SSSR count). The van der Waals surface area contributed by atoms with Crippen molar-refractivity contribution >= 4 is 27.2 Å². The van der Waals surface area contributed by atoms with Crippen molar-refractivity contribution in [3.05, 3.63) is 42.6 Å². The molecule has 90 valence electrons. The van der Waals surface area contributed by atoms with Crippen LogP contribution in [0.4, 0.5) is 5.13 Å². The minimum absolute atomic E-state index is 0.588. The monoisotopic (exact) mass is 256 g/mol. The van der Waals surface area contributed by atoms with Crippen molar-refractivity contribution in [1.29, 1.82) is 0 Å². The molecule has 4 heteroatoms. The molecule has 0 saturated carbocycles. The van der Waals surface area contributed by atoms with Crippen LogP contribution in [0.5, 0.6) is 5.75 Å². The number of thiazole rings is 1. The lowest BCUT2D eigenvalue weighted by Gasteiger charge is -2.08. The highest BCUT2D eigenvalue weighted by molar-refractivity contribution is 7.18. The summed E-state index contributed by atoms with van der Waals surface area (Å²) < 4.78 is 5.39. The molecule has 1 heterocycles. The Balaban J connectivity index is 2.31. The van der Waals surface area contributed by atoms with Crippen LogP contribution in [0.2, 0.25) is 0 Å². The van der Waals surface area contributed by atoms with E-state index in [9.17, 15) is 0 Å². The van der Waals surface area contributed by atoms with Crippen LogP contribution in [-0.2, 0) is 0 Å². The van der Waals surface area contributed by atoms with Crippen LogP contribution in [-0.4, -0.2) is 12.1 Å². The van der Waals surface area contributed by atoms with Crippen LogP contribution in [0.15, 0.2) is 42.6 Å². The molecule has 3 aromatic rings. The molecule has 2 N–H and O–H groups in total. The summed E-state index contributed by atoms with van der Waals surface area (Å²) in [5.74, 6) is 0.881. The van der Waals surface area contributed by atoms with Crippen molar-refractivity contribution < 1.29 is 4.74 Å². The lowest BCUT2D eigenvalue weighted by Crippen LogP contribution is -1.86. The van der Waals surface area contributed by atoms with Gasteiger partial charge in [-0.25, -0.2) is 4.98 Å². The minimum atomic E-state index is 0.588. The average Bonchev–Trinajstić information content (AvgIpc) is 2.84. The van der Waals surface area contributed by atoms with Crippen LogP contribution in [0.3, 0.4) is 0 Å². The van der Waals surface area contributed by atoms with E-state index in [1.807, 2.05) is 30.5 Å². The molecule has 0 bridgehead atoms. The normalized spacial score (nSPS) is 10.7. The number of hydrogen-bond acceptors (Lipinski definition) is 4. The van der Waals surface area contributed by atoms with E-state index in [1.54, 1.807) is 7.11 Å². The molecule has 0 aliphatic heterocycles.